The van der Waals surface area contributed by atoms with Gasteiger partial charge in [0.25, 0.3) is 0 Å². The van der Waals surface area contributed by atoms with Gasteiger partial charge in [-0.3, -0.25) is 9.59 Å². The highest BCUT2D eigenvalue weighted by atomic mass is 35.5. The predicted molar refractivity (Wildman–Crippen MR) is 62.2 cm³/mol. The number of halogens is 1. The topological polar surface area (TPSA) is 66.4 Å². The van der Waals surface area contributed by atoms with E-state index in [1.807, 2.05) is 0 Å². The van der Waals surface area contributed by atoms with E-state index in [4.69, 9.17) is 16.7 Å². The van der Waals surface area contributed by atoms with Gasteiger partial charge < -0.3 is 10.4 Å². The van der Waals surface area contributed by atoms with Crippen LogP contribution in [-0.4, -0.2) is 23.4 Å². The SMILES string of the molecule is CC(=O)c1ccc(Cl)c(NCCC(=O)O)c1. The van der Waals surface area contributed by atoms with E-state index >= 15 is 0 Å². The molecule has 0 fully saturated rings. The first-order valence-corrected chi connectivity index (χ1v) is 5.14. The van der Waals surface area contributed by atoms with Crippen LogP contribution in [0.25, 0.3) is 0 Å². The van der Waals surface area contributed by atoms with Crippen LogP contribution in [0.1, 0.15) is 23.7 Å². The minimum absolute atomic E-state index is 0.000623. The maximum Gasteiger partial charge on any atom is 0.305 e. The third-order valence-corrected chi connectivity index (χ3v) is 2.36. The van der Waals surface area contributed by atoms with Crippen LogP contribution in [0, 0.1) is 0 Å². The number of nitrogens with one attached hydrogen (secondary N) is 1. The molecular weight excluding hydrogens is 230 g/mol. The first-order chi connectivity index (χ1) is 7.50. The van der Waals surface area contributed by atoms with E-state index < -0.39 is 5.97 Å². The molecule has 0 atom stereocenters. The lowest BCUT2D eigenvalue weighted by atomic mass is 10.1. The van der Waals surface area contributed by atoms with E-state index in [1.54, 1.807) is 18.2 Å². The van der Waals surface area contributed by atoms with Crippen molar-refractivity contribution < 1.29 is 14.7 Å². The van der Waals surface area contributed by atoms with Crippen LogP contribution >= 0.6 is 11.6 Å². The molecule has 0 unspecified atom stereocenters. The number of aliphatic carboxylic acids is 1. The van der Waals surface area contributed by atoms with E-state index in [2.05, 4.69) is 5.32 Å². The van der Waals surface area contributed by atoms with Crippen molar-refractivity contribution in [3.05, 3.63) is 28.8 Å². The number of benzene rings is 1. The van der Waals surface area contributed by atoms with Crippen LogP contribution in [0.3, 0.4) is 0 Å². The maximum absolute atomic E-state index is 11.1. The maximum atomic E-state index is 11.1. The smallest absolute Gasteiger partial charge is 0.305 e. The number of carboxylic acids is 1. The minimum Gasteiger partial charge on any atom is -0.481 e. The minimum atomic E-state index is -0.883. The molecular formula is C11H12ClNO3. The van der Waals surface area contributed by atoms with Crippen LogP contribution in [-0.2, 0) is 4.79 Å². The Morgan fingerprint density at radius 2 is 2.12 bits per heavy atom. The lowest BCUT2D eigenvalue weighted by Gasteiger charge is -2.08. The van der Waals surface area contributed by atoms with Crippen molar-refractivity contribution in [2.75, 3.05) is 11.9 Å². The largest absolute Gasteiger partial charge is 0.481 e. The van der Waals surface area contributed by atoms with Gasteiger partial charge in [0.1, 0.15) is 0 Å². The highest BCUT2D eigenvalue weighted by Gasteiger charge is 2.05. The summed E-state index contributed by atoms with van der Waals surface area (Å²) < 4.78 is 0. The van der Waals surface area contributed by atoms with Gasteiger partial charge in [0.2, 0.25) is 0 Å². The normalized spacial score (nSPS) is 9.88. The van der Waals surface area contributed by atoms with E-state index in [1.165, 1.54) is 6.92 Å². The summed E-state index contributed by atoms with van der Waals surface area (Å²) in [6.45, 7) is 1.74. The second-order valence-corrected chi connectivity index (χ2v) is 3.73. The average molecular weight is 242 g/mol. The van der Waals surface area contributed by atoms with Gasteiger partial charge in [-0.05, 0) is 25.1 Å². The highest BCUT2D eigenvalue weighted by Crippen LogP contribution is 2.23. The second-order valence-electron chi connectivity index (χ2n) is 3.32. The fraction of sp³-hybridized carbons (Fsp3) is 0.273. The van der Waals surface area contributed by atoms with Gasteiger partial charge in [0, 0.05) is 12.1 Å². The molecule has 0 aliphatic heterocycles. The molecule has 1 rings (SSSR count). The Hall–Kier alpha value is -1.55. The molecule has 1 aromatic carbocycles. The molecule has 0 saturated carbocycles. The molecule has 0 amide bonds. The zero-order chi connectivity index (χ0) is 12.1. The van der Waals surface area contributed by atoms with Gasteiger partial charge in [-0.15, -0.1) is 0 Å². The molecule has 0 heterocycles. The van der Waals surface area contributed by atoms with Crippen molar-refractivity contribution in [1.82, 2.24) is 0 Å². The Kier molecular flexibility index (Phi) is 4.31. The molecule has 5 heteroatoms. The van der Waals surface area contributed by atoms with E-state index in [0.29, 0.717) is 16.3 Å². The van der Waals surface area contributed by atoms with Crippen molar-refractivity contribution in [1.29, 1.82) is 0 Å². The molecule has 86 valence electrons. The molecule has 0 aliphatic rings. The van der Waals surface area contributed by atoms with Gasteiger partial charge in [-0.1, -0.05) is 11.6 Å². The number of anilines is 1. The fourth-order valence-electron chi connectivity index (χ4n) is 1.18. The van der Waals surface area contributed by atoms with Crippen molar-refractivity contribution in [3.63, 3.8) is 0 Å². The number of Topliss-reactive ketones (excluding diaryl/α,β-unsaturated/α-hetero) is 1. The Bertz CT molecular complexity index is 418. The molecule has 0 spiro atoms. The lowest BCUT2D eigenvalue weighted by Crippen LogP contribution is -2.08. The average Bonchev–Trinajstić information content (AvgIpc) is 2.20. The van der Waals surface area contributed by atoms with Crippen molar-refractivity contribution >= 4 is 29.0 Å². The Morgan fingerprint density at radius 1 is 1.44 bits per heavy atom. The van der Waals surface area contributed by atoms with Gasteiger partial charge in [0.05, 0.1) is 17.1 Å². The van der Waals surface area contributed by atoms with E-state index in [9.17, 15) is 9.59 Å². The summed E-state index contributed by atoms with van der Waals surface area (Å²) >= 11 is 5.89. The number of carboxylic acid groups (broad SMARTS) is 1. The molecule has 1 aromatic rings. The number of hydrogen-bond donors (Lipinski definition) is 2. The van der Waals surface area contributed by atoms with Crippen molar-refractivity contribution in [2.24, 2.45) is 0 Å². The zero-order valence-corrected chi connectivity index (χ0v) is 9.54. The molecule has 4 nitrogen and oxygen atoms in total. The predicted octanol–water partition coefficient (Wildman–Crippen LogP) is 2.43. The van der Waals surface area contributed by atoms with Crippen LogP contribution in [0.5, 0.6) is 0 Å². The summed E-state index contributed by atoms with van der Waals surface area (Å²) in [5, 5.41) is 11.8. The molecule has 0 saturated heterocycles. The van der Waals surface area contributed by atoms with Crippen molar-refractivity contribution in [2.45, 2.75) is 13.3 Å². The molecule has 0 aliphatic carbocycles. The van der Waals surface area contributed by atoms with E-state index in [-0.39, 0.29) is 18.7 Å². The first-order valence-electron chi connectivity index (χ1n) is 4.77. The summed E-state index contributed by atoms with van der Waals surface area (Å²) in [5.74, 6) is -0.940. The molecule has 0 bridgehead atoms. The zero-order valence-electron chi connectivity index (χ0n) is 8.79. The van der Waals surface area contributed by atoms with Crippen LogP contribution in [0.2, 0.25) is 5.02 Å². The Morgan fingerprint density at radius 3 is 2.69 bits per heavy atom. The quantitative estimate of drug-likeness (QED) is 0.777. The number of carbonyl (C=O) groups excluding carboxylic acids is 1. The lowest BCUT2D eigenvalue weighted by molar-refractivity contribution is -0.136. The molecule has 2 N–H and O–H groups in total. The summed E-state index contributed by atoms with van der Waals surface area (Å²) in [5.41, 5.74) is 1.12. The monoisotopic (exact) mass is 241 g/mol. The van der Waals surface area contributed by atoms with Gasteiger partial charge >= 0.3 is 5.97 Å². The van der Waals surface area contributed by atoms with Gasteiger partial charge in [0.15, 0.2) is 5.78 Å². The van der Waals surface area contributed by atoms with Gasteiger partial charge in [-0.2, -0.15) is 0 Å². The number of rotatable bonds is 5. The summed E-state index contributed by atoms with van der Waals surface area (Å²) in [6.07, 6.45) is 0.000623. The third kappa shape index (κ3) is 3.55. The van der Waals surface area contributed by atoms with Crippen LogP contribution in [0.4, 0.5) is 5.69 Å². The number of carbonyl (C=O) groups is 2. The molecule has 0 aromatic heterocycles. The third-order valence-electron chi connectivity index (χ3n) is 2.03. The first kappa shape index (κ1) is 12.5. The molecule has 0 radical (unpaired) electrons. The summed E-state index contributed by atoms with van der Waals surface area (Å²) in [6, 6.07) is 4.86. The van der Waals surface area contributed by atoms with E-state index in [0.717, 1.165) is 0 Å². The van der Waals surface area contributed by atoms with Gasteiger partial charge in [-0.25, -0.2) is 0 Å². The Balaban J connectivity index is 2.74. The number of hydrogen-bond acceptors (Lipinski definition) is 3. The Labute approximate surface area is 98.2 Å². The van der Waals surface area contributed by atoms with Crippen LogP contribution < -0.4 is 5.32 Å². The standard InChI is InChI=1S/C11H12ClNO3/c1-7(14)8-2-3-9(12)10(6-8)13-5-4-11(15)16/h2-3,6,13H,4-5H2,1H3,(H,15,16). The summed E-state index contributed by atoms with van der Waals surface area (Å²) in [4.78, 5) is 21.4. The van der Waals surface area contributed by atoms with Crippen molar-refractivity contribution in [3.8, 4) is 0 Å². The fourth-order valence-corrected chi connectivity index (χ4v) is 1.37. The summed E-state index contributed by atoms with van der Waals surface area (Å²) in [7, 11) is 0. The number of ketones is 1. The highest BCUT2D eigenvalue weighted by molar-refractivity contribution is 6.33. The second kappa shape index (κ2) is 5.51. The molecule has 16 heavy (non-hydrogen) atoms. The van der Waals surface area contributed by atoms with Crippen LogP contribution in [0.15, 0.2) is 18.2 Å².